The van der Waals surface area contributed by atoms with E-state index in [-0.39, 0.29) is 0 Å². The van der Waals surface area contributed by atoms with Gasteiger partial charge < -0.3 is 14.7 Å². The first-order valence-corrected chi connectivity index (χ1v) is 11.1. The maximum Gasteiger partial charge on any atom is 0.123 e. The molecule has 0 fully saturated rings. The highest BCUT2D eigenvalue weighted by molar-refractivity contribution is 5.88. The van der Waals surface area contributed by atoms with E-state index in [0.29, 0.717) is 18.8 Å². The van der Waals surface area contributed by atoms with Crippen molar-refractivity contribution in [2.24, 2.45) is 0 Å². The third kappa shape index (κ3) is 5.77. The minimum atomic E-state index is 0.332. The van der Waals surface area contributed by atoms with Gasteiger partial charge in [0.15, 0.2) is 0 Å². The molecule has 3 aromatic carbocycles. The van der Waals surface area contributed by atoms with Crippen molar-refractivity contribution < 1.29 is 9.84 Å². The van der Waals surface area contributed by atoms with E-state index in [1.54, 1.807) is 6.08 Å². The number of hydrogen-bond acceptors (Lipinski definition) is 3. The van der Waals surface area contributed by atoms with Crippen LogP contribution in [0.4, 0.5) is 0 Å². The minimum absolute atomic E-state index is 0.332. The summed E-state index contributed by atoms with van der Waals surface area (Å²) >= 11 is 0. The largest absolute Gasteiger partial charge is 0.511 e. The summed E-state index contributed by atoms with van der Waals surface area (Å²) in [5.41, 5.74) is 1.02. The number of benzene rings is 3. The average Bonchev–Trinajstić information content (AvgIpc) is 2.80. The van der Waals surface area contributed by atoms with Gasteiger partial charge in [-0.05, 0) is 41.6 Å². The molecule has 0 aliphatic heterocycles. The Morgan fingerprint density at radius 1 is 1.00 bits per heavy atom. The van der Waals surface area contributed by atoms with Gasteiger partial charge in [0.2, 0.25) is 0 Å². The van der Waals surface area contributed by atoms with Gasteiger partial charge in [-0.2, -0.15) is 0 Å². The van der Waals surface area contributed by atoms with Crippen LogP contribution in [0.1, 0.15) is 25.8 Å². The Morgan fingerprint density at radius 2 is 1.74 bits per heavy atom. The fraction of sp³-hybridized carbons (Fsp3) is 0.286. The van der Waals surface area contributed by atoms with Crippen LogP contribution in [0.25, 0.3) is 22.6 Å². The molecule has 0 radical (unpaired) electrons. The zero-order valence-electron chi connectivity index (χ0n) is 18.7. The third-order valence-electron chi connectivity index (χ3n) is 5.68. The van der Waals surface area contributed by atoms with Gasteiger partial charge in [0.1, 0.15) is 11.5 Å². The van der Waals surface area contributed by atoms with Crippen LogP contribution in [0.3, 0.4) is 0 Å². The van der Waals surface area contributed by atoms with Crippen LogP contribution in [0, 0.1) is 0 Å². The Labute approximate surface area is 185 Å². The molecule has 0 saturated carbocycles. The quantitative estimate of drug-likeness (QED) is 0.482. The number of allylic oxidation sites excluding steroid dienone is 1. The topological polar surface area (TPSA) is 32.7 Å². The van der Waals surface area contributed by atoms with Crippen molar-refractivity contribution in [1.82, 2.24) is 4.90 Å². The van der Waals surface area contributed by atoms with Crippen molar-refractivity contribution in [3.63, 3.8) is 0 Å². The number of rotatable bonds is 10. The van der Waals surface area contributed by atoms with E-state index in [4.69, 9.17) is 4.74 Å². The average molecular weight is 416 g/mol. The second kappa shape index (κ2) is 11.4. The van der Waals surface area contributed by atoms with Crippen molar-refractivity contribution >= 4 is 22.6 Å². The van der Waals surface area contributed by atoms with Gasteiger partial charge in [0.05, 0.1) is 6.61 Å². The van der Waals surface area contributed by atoms with Gasteiger partial charge in [0.25, 0.3) is 0 Å². The Kier molecular flexibility index (Phi) is 8.31. The molecule has 0 atom stereocenters. The summed E-state index contributed by atoms with van der Waals surface area (Å²) in [5, 5.41) is 15.1. The van der Waals surface area contributed by atoms with Crippen LogP contribution < -0.4 is 15.2 Å². The highest BCUT2D eigenvalue weighted by atomic mass is 16.5. The Morgan fingerprint density at radius 3 is 2.52 bits per heavy atom. The molecule has 0 bridgehead atoms. The first-order chi connectivity index (χ1) is 15.2. The number of hydrogen-bond donors (Lipinski definition) is 1. The summed E-state index contributed by atoms with van der Waals surface area (Å²) in [4.78, 5) is 2.40. The van der Waals surface area contributed by atoms with Crippen molar-refractivity contribution in [1.29, 1.82) is 0 Å². The molecule has 0 aliphatic rings. The fourth-order valence-corrected chi connectivity index (χ4v) is 3.94. The number of aliphatic hydroxyl groups excluding tert-OH is 1. The summed E-state index contributed by atoms with van der Waals surface area (Å²) in [6, 6.07) is 20.2. The minimum Gasteiger partial charge on any atom is -0.511 e. The van der Waals surface area contributed by atoms with E-state index in [2.05, 4.69) is 43.5 Å². The third-order valence-corrected chi connectivity index (χ3v) is 5.68. The molecular weight excluding hydrogens is 382 g/mol. The fourth-order valence-electron chi connectivity index (χ4n) is 3.94. The first kappa shape index (κ1) is 22.6. The molecule has 0 aromatic heterocycles. The van der Waals surface area contributed by atoms with Gasteiger partial charge in [-0.15, -0.1) is 0 Å². The lowest BCUT2D eigenvalue weighted by molar-refractivity contribution is 0.248. The van der Waals surface area contributed by atoms with Crippen LogP contribution in [-0.2, 0) is 6.42 Å². The molecule has 0 amide bonds. The zero-order chi connectivity index (χ0) is 22.1. The molecule has 0 saturated heterocycles. The number of nitrogens with zero attached hydrogens (tertiary/aromatic N) is 1. The lowest BCUT2D eigenvalue weighted by atomic mass is 9.99. The normalized spacial score (nSPS) is 12.9. The second-order valence-electron chi connectivity index (χ2n) is 7.61. The molecule has 162 valence electrons. The van der Waals surface area contributed by atoms with E-state index in [9.17, 15) is 5.11 Å². The Balaban J connectivity index is 1.95. The van der Waals surface area contributed by atoms with E-state index >= 15 is 0 Å². The summed E-state index contributed by atoms with van der Waals surface area (Å²) < 4.78 is 6.22. The van der Waals surface area contributed by atoms with Gasteiger partial charge >= 0.3 is 0 Å². The van der Waals surface area contributed by atoms with Crippen LogP contribution in [0.15, 0.2) is 73.3 Å². The van der Waals surface area contributed by atoms with E-state index in [0.717, 1.165) is 58.6 Å². The van der Waals surface area contributed by atoms with Crippen LogP contribution >= 0.6 is 0 Å². The first-order valence-electron chi connectivity index (χ1n) is 11.1. The van der Waals surface area contributed by atoms with Crippen LogP contribution in [0.5, 0.6) is 5.75 Å². The Bertz CT molecular complexity index is 1130. The summed E-state index contributed by atoms with van der Waals surface area (Å²) in [6.07, 6.45) is 5.04. The highest BCUT2D eigenvalue weighted by Gasteiger charge is 2.12. The van der Waals surface area contributed by atoms with Gasteiger partial charge in [-0.1, -0.05) is 87.2 Å². The van der Waals surface area contributed by atoms with Crippen molar-refractivity contribution in [2.75, 3.05) is 26.2 Å². The molecule has 3 nitrogen and oxygen atoms in total. The lowest BCUT2D eigenvalue weighted by Crippen LogP contribution is -2.27. The van der Waals surface area contributed by atoms with Gasteiger partial charge in [0, 0.05) is 23.7 Å². The number of fused-ring (bicyclic) bond motifs is 1. The monoisotopic (exact) mass is 415 g/mol. The molecule has 31 heavy (non-hydrogen) atoms. The number of ether oxygens (including phenoxy) is 1. The van der Waals surface area contributed by atoms with Gasteiger partial charge in [-0.3, -0.25) is 0 Å². The lowest BCUT2D eigenvalue weighted by Gasteiger charge is -2.19. The Hall–Kier alpha value is -3.04. The molecular formula is C28H33NO2. The molecule has 3 heteroatoms. The summed E-state index contributed by atoms with van der Waals surface area (Å²) in [5.74, 6) is 1.17. The molecule has 1 N–H and O–H groups in total. The predicted molar refractivity (Wildman–Crippen MR) is 132 cm³/mol. The van der Waals surface area contributed by atoms with E-state index in [1.807, 2.05) is 48.5 Å². The van der Waals surface area contributed by atoms with Crippen LogP contribution in [0.2, 0.25) is 0 Å². The van der Waals surface area contributed by atoms with Gasteiger partial charge in [-0.25, -0.2) is 0 Å². The van der Waals surface area contributed by atoms with Crippen molar-refractivity contribution in [3.05, 3.63) is 89.3 Å². The maximum absolute atomic E-state index is 11.1. The van der Waals surface area contributed by atoms with Crippen LogP contribution in [-0.4, -0.2) is 36.2 Å². The zero-order valence-corrected chi connectivity index (χ0v) is 18.7. The standard InChI is InChI=1S/C28H33NO2/c1-4-12-22-13-8-10-16-25(22)27(30)21-26-24-15-9-7-14-23(24)17-18-28(26)31-20-11-19-29(5-2)6-3/h4,7-10,12-18,30H,1,5-6,11,19-21H2,2-3H3/b22-12-,27-25-. The molecule has 3 rings (SSSR count). The molecule has 3 aromatic rings. The molecule has 0 unspecified atom stereocenters. The summed E-state index contributed by atoms with van der Waals surface area (Å²) in [7, 11) is 0. The molecule has 0 heterocycles. The molecule has 0 aliphatic carbocycles. The smallest absolute Gasteiger partial charge is 0.123 e. The second-order valence-corrected chi connectivity index (χ2v) is 7.61. The predicted octanol–water partition coefficient (Wildman–Crippen LogP) is 4.83. The van der Waals surface area contributed by atoms with E-state index in [1.165, 1.54) is 0 Å². The van der Waals surface area contributed by atoms with Crippen molar-refractivity contribution in [3.8, 4) is 5.75 Å². The summed E-state index contributed by atoms with van der Waals surface area (Å²) in [6.45, 7) is 12.0. The highest BCUT2D eigenvalue weighted by Crippen LogP contribution is 2.30. The number of aliphatic hydroxyl groups is 1. The SMILES string of the molecule is C=C/C=c1/cccc/c1=C(/O)Cc1c(OCCCN(CC)CC)ccc2ccccc12. The van der Waals surface area contributed by atoms with E-state index < -0.39 is 0 Å². The molecule has 0 spiro atoms. The van der Waals surface area contributed by atoms with Crippen molar-refractivity contribution in [2.45, 2.75) is 26.7 Å². The maximum atomic E-state index is 11.1.